The number of hydrogen-bond donors (Lipinski definition) is 2. The number of benzene rings is 1. The molecular formula is C10H13N3O3. The summed E-state index contributed by atoms with van der Waals surface area (Å²) < 4.78 is 0. The van der Waals surface area contributed by atoms with E-state index in [2.05, 4.69) is 0 Å². The van der Waals surface area contributed by atoms with Crippen molar-refractivity contribution >= 4 is 17.3 Å². The maximum absolute atomic E-state index is 11.0. The molecule has 1 amide bonds. The lowest BCUT2D eigenvalue weighted by atomic mass is 9.95. The zero-order valence-corrected chi connectivity index (χ0v) is 9.06. The van der Waals surface area contributed by atoms with E-state index in [4.69, 9.17) is 11.5 Å². The lowest BCUT2D eigenvalue weighted by molar-refractivity contribution is -0.384. The molecule has 86 valence electrons. The number of nitro groups is 1. The number of nitro benzene ring substituents is 1. The average molecular weight is 223 g/mol. The Morgan fingerprint density at radius 3 is 2.50 bits per heavy atom. The summed E-state index contributed by atoms with van der Waals surface area (Å²) in [5.74, 6) is -1.00. The van der Waals surface area contributed by atoms with Gasteiger partial charge in [-0.25, -0.2) is 0 Å². The van der Waals surface area contributed by atoms with Gasteiger partial charge < -0.3 is 11.5 Å². The van der Waals surface area contributed by atoms with Crippen molar-refractivity contribution in [3.63, 3.8) is 0 Å². The molecule has 4 N–H and O–H groups in total. The molecule has 1 aromatic carbocycles. The Balaban J connectivity index is 3.31. The van der Waals surface area contributed by atoms with Crippen LogP contribution in [0.1, 0.15) is 24.0 Å². The molecule has 1 unspecified atom stereocenters. The molecule has 0 aliphatic carbocycles. The van der Waals surface area contributed by atoms with Crippen molar-refractivity contribution in [1.82, 2.24) is 0 Å². The van der Waals surface area contributed by atoms with Crippen LogP contribution in [0.15, 0.2) is 12.1 Å². The summed E-state index contributed by atoms with van der Waals surface area (Å²) in [5.41, 5.74) is 11.8. The summed E-state index contributed by atoms with van der Waals surface area (Å²) in [5, 5.41) is 10.6. The number of nitrogen functional groups attached to an aromatic ring is 1. The first kappa shape index (κ1) is 12.0. The number of carbonyl (C=O) groups is 1. The van der Waals surface area contributed by atoms with Gasteiger partial charge in [0.2, 0.25) is 5.91 Å². The maximum Gasteiger partial charge on any atom is 0.292 e. The third kappa shape index (κ3) is 2.10. The van der Waals surface area contributed by atoms with Gasteiger partial charge in [-0.3, -0.25) is 14.9 Å². The maximum atomic E-state index is 11.0. The van der Waals surface area contributed by atoms with Crippen LogP contribution in [0.25, 0.3) is 0 Å². The summed E-state index contributed by atoms with van der Waals surface area (Å²) in [6, 6.07) is 2.78. The summed E-state index contributed by atoms with van der Waals surface area (Å²) in [7, 11) is 0. The molecule has 0 saturated heterocycles. The minimum absolute atomic E-state index is 0.0405. The molecule has 1 aromatic rings. The van der Waals surface area contributed by atoms with Crippen LogP contribution in [0.2, 0.25) is 0 Å². The van der Waals surface area contributed by atoms with Gasteiger partial charge in [-0.05, 0) is 31.0 Å². The van der Waals surface area contributed by atoms with Crippen molar-refractivity contribution in [3.8, 4) is 0 Å². The highest BCUT2D eigenvalue weighted by Crippen LogP contribution is 2.29. The Labute approximate surface area is 92.4 Å². The Morgan fingerprint density at radius 2 is 2.06 bits per heavy atom. The van der Waals surface area contributed by atoms with Gasteiger partial charge in [0.05, 0.1) is 10.8 Å². The monoisotopic (exact) mass is 223 g/mol. The number of hydrogen-bond acceptors (Lipinski definition) is 4. The topological polar surface area (TPSA) is 112 Å². The predicted molar refractivity (Wildman–Crippen MR) is 59.9 cm³/mol. The highest BCUT2D eigenvalue weighted by atomic mass is 16.6. The Bertz CT molecular complexity index is 457. The molecule has 6 heteroatoms. The SMILES string of the molecule is Cc1cc([N+](=O)[O-])c(N)cc1C(C)C(N)=O. The first-order valence-corrected chi connectivity index (χ1v) is 4.68. The van der Waals surface area contributed by atoms with Crippen molar-refractivity contribution in [3.05, 3.63) is 33.4 Å². The number of nitrogens with zero attached hydrogens (tertiary/aromatic N) is 1. The second kappa shape index (κ2) is 4.18. The van der Waals surface area contributed by atoms with Gasteiger partial charge in [0.15, 0.2) is 0 Å². The Hall–Kier alpha value is -2.11. The van der Waals surface area contributed by atoms with Gasteiger partial charge in [-0.15, -0.1) is 0 Å². The number of anilines is 1. The fraction of sp³-hybridized carbons (Fsp3) is 0.300. The number of primary amides is 1. The van der Waals surface area contributed by atoms with Crippen LogP contribution < -0.4 is 11.5 Å². The minimum Gasteiger partial charge on any atom is -0.393 e. The summed E-state index contributed by atoms with van der Waals surface area (Å²) in [6.07, 6.45) is 0. The standard InChI is InChI=1S/C10H13N3O3/c1-5-3-9(13(15)16)8(11)4-7(5)6(2)10(12)14/h3-4,6H,11H2,1-2H3,(H2,12,14). The minimum atomic E-state index is -0.555. The van der Waals surface area contributed by atoms with Crippen LogP contribution in [0.5, 0.6) is 0 Å². The average Bonchev–Trinajstić information content (AvgIpc) is 2.19. The fourth-order valence-corrected chi connectivity index (χ4v) is 1.50. The van der Waals surface area contributed by atoms with Crippen LogP contribution in [0, 0.1) is 17.0 Å². The van der Waals surface area contributed by atoms with E-state index in [1.807, 2.05) is 0 Å². The summed E-state index contributed by atoms with van der Waals surface area (Å²) in [6.45, 7) is 3.32. The molecule has 16 heavy (non-hydrogen) atoms. The van der Waals surface area contributed by atoms with Crippen LogP contribution in [-0.2, 0) is 4.79 Å². The van der Waals surface area contributed by atoms with E-state index in [-0.39, 0.29) is 11.4 Å². The normalized spacial score (nSPS) is 12.1. The third-order valence-electron chi connectivity index (χ3n) is 2.51. The lowest BCUT2D eigenvalue weighted by Crippen LogP contribution is -2.19. The van der Waals surface area contributed by atoms with E-state index < -0.39 is 16.7 Å². The van der Waals surface area contributed by atoms with E-state index in [9.17, 15) is 14.9 Å². The third-order valence-corrected chi connectivity index (χ3v) is 2.51. The Kier molecular flexibility index (Phi) is 3.12. The van der Waals surface area contributed by atoms with Crippen molar-refractivity contribution in [2.24, 2.45) is 5.73 Å². The molecule has 0 spiro atoms. The second-order valence-electron chi connectivity index (χ2n) is 3.65. The van der Waals surface area contributed by atoms with Crippen LogP contribution in [0.4, 0.5) is 11.4 Å². The molecule has 0 aliphatic rings. The first-order chi connectivity index (χ1) is 7.34. The smallest absolute Gasteiger partial charge is 0.292 e. The molecule has 1 rings (SSSR count). The number of amides is 1. The van der Waals surface area contributed by atoms with Crippen LogP contribution in [-0.4, -0.2) is 10.8 Å². The molecule has 1 atom stereocenters. The molecule has 0 fully saturated rings. The van der Waals surface area contributed by atoms with Gasteiger partial charge >= 0.3 is 0 Å². The van der Waals surface area contributed by atoms with E-state index in [0.29, 0.717) is 11.1 Å². The van der Waals surface area contributed by atoms with Crippen molar-refractivity contribution in [1.29, 1.82) is 0 Å². The molecule has 0 bridgehead atoms. The number of nitrogens with two attached hydrogens (primary N) is 2. The highest BCUT2D eigenvalue weighted by Gasteiger charge is 2.19. The predicted octanol–water partition coefficient (Wildman–Crippen LogP) is 1.07. The van der Waals surface area contributed by atoms with E-state index in [1.165, 1.54) is 12.1 Å². The molecular weight excluding hydrogens is 210 g/mol. The largest absolute Gasteiger partial charge is 0.393 e. The van der Waals surface area contributed by atoms with Crippen molar-refractivity contribution in [2.45, 2.75) is 19.8 Å². The van der Waals surface area contributed by atoms with Crippen LogP contribution in [0.3, 0.4) is 0 Å². The van der Waals surface area contributed by atoms with E-state index in [1.54, 1.807) is 13.8 Å². The zero-order chi connectivity index (χ0) is 12.5. The summed E-state index contributed by atoms with van der Waals surface area (Å²) >= 11 is 0. The van der Waals surface area contributed by atoms with Crippen molar-refractivity contribution in [2.75, 3.05) is 5.73 Å². The molecule has 0 aliphatic heterocycles. The highest BCUT2D eigenvalue weighted by molar-refractivity contribution is 5.82. The number of carbonyl (C=O) groups excluding carboxylic acids is 1. The van der Waals surface area contributed by atoms with E-state index in [0.717, 1.165) is 0 Å². The van der Waals surface area contributed by atoms with Gasteiger partial charge in [-0.1, -0.05) is 0 Å². The lowest BCUT2D eigenvalue weighted by Gasteiger charge is -2.12. The fourth-order valence-electron chi connectivity index (χ4n) is 1.50. The number of rotatable bonds is 3. The van der Waals surface area contributed by atoms with Gasteiger partial charge in [-0.2, -0.15) is 0 Å². The van der Waals surface area contributed by atoms with E-state index >= 15 is 0 Å². The quantitative estimate of drug-likeness (QED) is 0.453. The molecule has 0 radical (unpaired) electrons. The van der Waals surface area contributed by atoms with Gasteiger partial charge in [0.1, 0.15) is 5.69 Å². The number of aryl methyl sites for hydroxylation is 1. The van der Waals surface area contributed by atoms with Gasteiger partial charge in [0.25, 0.3) is 5.69 Å². The molecule has 0 heterocycles. The first-order valence-electron chi connectivity index (χ1n) is 4.68. The molecule has 0 aromatic heterocycles. The zero-order valence-electron chi connectivity index (χ0n) is 9.06. The molecule has 0 saturated carbocycles. The van der Waals surface area contributed by atoms with Gasteiger partial charge in [0, 0.05) is 6.07 Å². The molecule has 6 nitrogen and oxygen atoms in total. The van der Waals surface area contributed by atoms with Crippen molar-refractivity contribution < 1.29 is 9.72 Å². The Morgan fingerprint density at radius 1 is 1.50 bits per heavy atom. The second-order valence-corrected chi connectivity index (χ2v) is 3.65. The van der Waals surface area contributed by atoms with Crippen LogP contribution >= 0.6 is 0 Å². The summed E-state index contributed by atoms with van der Waals surface area (Å²) in [4.78, 5) is 21.1.